The van der Waals surface area contributed by atoms with Gasteiger partial charge in [0, 0.05) is 5.56 Å². The van der Waals surface area contributed by atoms with Gasteiger partial charge < -0.3 is 5.11 Å². The maximum atomic E-state index is 11.2. The fourth-order valence-corrected chi connectivity index (χ4v) is 3.30. The normalized spacial score (nSPS) is 10.4. The molecule has 86 valence electrons. The van der Waals surface area contributed by atoms with E-state index in [1.165, 1.54) is 25.1 Å². The van der Waals surface area contributed by atoms with Crippen LogP contribution in [0.5, 0.6) is 0 Å². The summed E-state index contributed by atoms with van der Waals surface area (Å²) in [5, 5.41) is 8.63. The molecule has 0 saturated heterocycles. The molecular weight excluding hydrogens is 327 g/mol. The number of hydrogen-bond acceptors (Lipinski definition) is 4. The number of aliphatic carboxylic acids is 1. The molecule has 0 spiro atoms. The monoisotopic (exact) mass is 336 g/mol. The summed E-state index contributed by atoms with van der Waals surface area (Å²) in [4.78, 5) is 21.8. The fraction of sp³-hybridized carbons (Fsp3) is 0.200. The van der Waals surface area contributed by atoms with Gasteiger partial charge >= 0.3 is 25.8 Å². The Morgan fingerprint density at radius 3 is 2.38 bits per heavy atom. The lowest BCUT2D eigenvalue weighted by atomic mass is 10.1. The molecule has 16 heavy (non-hydrogen) atoms. The van der Waals surface area contributed by atoms with Gasteiger partial charge in [-0.25, -0.2) is 6.14 Å². The van der Waals surface area contributed by atoms with Crippen molar-refractivity contribution >= 4 is 31.5 Å². The summed E-state index contributed by atoms with van der Waals surface area (Å²) in [7, 11) is 0. The maximum absolute atomic E-state index is 11.2. The molecule has 0 aromatic heterocycles. The molecule has 0 atom stereocenters. The number of carbonyl (C=O) groups is 2. The third kappa shape index (κ3) is 2.84. The Hall–Kier alpha value is -1.31. The van der Waals surface area contributed by atoms with Crippen LogP contribution >= 0.6 is 19.8 Å². The molecule has 0 amide bonds. The van der Waals surface area contributed by atoms with E-state index in [0.717, 1.165) is 0 Å². The molecule has 0 heterocycles. The van der Waals surface area contributed by atoms with Crippen LogP contribution in [0.1, 0.15) is 22.8 Å². The van der Waals surface area contributed by atoms with E-state index in [0.29, 0.717) is 0 Å². The standard InChI is InChI=1S/C10H9IO5/c1-6(12)8-4-2-3-7(5-9(13)14)10(8)11(15)16/h2-4H,5H2,1H3,(H,13,14). The van der Waals surface area contributed by atoms with Crippen molar-refractivity contribution in [3.8, 4) is 0 Å². The predicted octanol–water partition coefficient (Wildman–Crippen LogP) is 1.88. The highest BCUT2D eigenvalue weighted by atomic mass is 127. The van der Waals surface area contributed by atoms with Gasteiger partial charge in [-0.3, -0.25) is 9.59 Å². The molecular formula is C10H9IO5. The molecule has 1 aromatic rings. The summed E-state index contributed by atoms with van der Waals surface area (Å²) in [5.74, 6) is -1.50. The van der Waals surface area contributed by atoms with E-state index >= 15 is 0 Å². The summed E-state index contributed by atoms with van der Waals surface area (Å²) in [6, 6.07) is 4.29. The summed E-state index contributed by atoms with van der Waals surface area (Å²) in [6.45, 7) is 1.25. The molecule has 1 N–H and O–H groups in total. The largest absolute Gasteiger partial charge is 0.481 e. The van der Waals surface area contributed by atoms with Crippen LogP contribution in [0.4, 0.5) is 0 Å². The number of Topliss-reactive ketones (excluding diaryl/α,β-unsaturated/α-hetero) is 1. The zero-order chi connectivity index (χ0) is 12.3. The zero-order valence-corrected chi connectivity index (χ0v) is 10.6. The average Bonchev–Trinajstić information content (AvgIpc) is 2.15. The maximum Gasteiger partial charge on any atom is 0.341 e. The molecule has 0 radical (unpaired) electrons. The Balaban J connectivity index is 3.44. The number of benzene rings is 1. The van der Waals surface area contributed by atoms with Crippen molar-refractivity contribution in [3.63, 3.8) is 0 Å². The Kier molecular flexibility index (Phi) is 4.11. The highest BCUT2D eigenvalue weighted by molar-refractivity contribution is 14.2. The van der Waals surface area contributed by atoms with Gasteiger partial charge in [0.1, 0.15) is 0 Å². The van der Waals surface area contributed by atoms with Gasteiger partial charge in [0.2, 0.25) is 0 Å². The first kappa shape index (κ1) is 12.8. The van der Waals surface area contributed by atoms with Crippen LogP contribution < -0.4 is 0 Å². The van der Waals surface area contributed by atoms with Crippen molar-refractivity contribution < 1.29 is 20.8 Å². The first-order valence-corrected chi connectivity index (χ1v) is 7.17. The van der Waals surface area contributed by atoms with Gasteiger partial charge in [-0.1, -0.05) is 18.2 Å². The van der Waals surface area contributed by atoms with Crippen LogP contribution in [0.15, 0.2) is 18.2 Å². The summed E-state index contributed by atoms with van der Waals surface area (Å²) >= 11 is -3.88. The molecule has 5 nitrogen and oxygen atoms in total. The first-order chi connectivity index (χ1) is 7.43. The van der Waals surface area contributed by atoms with E-state index in [1.54, 1.807) is 0 Å². The number of rotatable bonds is 4. The Labute approximate surface area is 98.6 Å². The van der Waals surface area contributed by atoms with Crippen molar-refractivity contribution in [2.45, 2.75) is 13.3 Å². The molecule has 0 unspecified atom stereocenters. The van der Waals surface area contributed by atoms with E-state index in [4.69, 9.17) is 5.11 Å². The third-order valence-electron chi connectivity index (χ3n) is 1.95. The second-order valence-corrected chi connectivity index (χ2v) is 5.44. The number of carboxylic acid groups (broad SMARTS) is 1. The van der Waals surface area contributed by atoms with Crippen molar-refractivity contribution in [2.24, 2.45) is 0 Å². The van der Waals surface area contributed by atoms with E-state index in [9.17, 15) is 15.7 Å². The minimum Gasteiger partial charge on any atom is -0.481 e. The second kappa shape index (κ2) is 5.15. The molecule has 0 aliphatic heterocycles. The molecule has 1 aromatic carbocycles. The van der Waals surface area contributed by atoms with Crippen LogP contribution in [0.3, 0.4) is 0 Å². The molecule has 0 aliphatic carbocycles. The van der Waals surface area contributed by atoms with Crippen LogP contribution in [0, 0.1) is 3.57 Å². The minimum absolute atomic E-state index is 0.0777. The fourth-order valence-electron chi connectivity index (χ4n) is 1.33. The predicted molar refractivity (Wildman–Crippen MR) is 61.9 cm³/mol. The minimum atomic E-state index is -3.88. The Bertz CT molecular complexity index is 508. The van der Waals surface area contributed by atoms with Crippen LogP contribution in [-0.2, 0) is 17.4 Å². The van der Waals surface area contributed by atoms with Crippen molar-refractivity contribution in [1.82, 2.24) is 0 Å². The molecule has 0 bridgehead atoms. The Morgan fingerprint density at radius 2 is 1.94 bits per heavy atom. The van der Waals surface area contributed by atoms with Gasteiger partial charge in [0.05, 0.1) is 9.99 Å². The zero-order valence-electron chi connectivity index (χ0n) is 8.40. The SMILES string of the molecule is CC(=O)c1cccc(CC(=O)O)c1I(=O)=O. The van der Waals surface area contributed by atoms with E-state index in [2.05, 4.69) is 0 Å². The lowest BCUT2D eigenvalue weighted by molar-refractivity contribution is -0.136. The molecule has 6 heteroatoms. The van der Waals surface area contributed by atoms with Crippen molar-refractivity contribution in [3.05, 3.63) is 32.9 Å². The Morgan fingerprint density at radius 1 is 1.31 bits per heavy atom. The topological polar surface area (TPSA) is 88.5 Å². The lowest BCUT2D eigenvalue weighted by Gasteiger charge is -2.04. The second-order valence-electron chi connectivity index (χ2n) is 3.12. The average molecular weight is 336 g/mol. The van der Waals surface area contributed by atoms with E-state index in [-0.39, 0.29) is 20.5 Å². The highest BCUT2D eigenvalue weighted by Crippen LogP contribution is 2.26. The van der Waals surface area contributed by atoms with Gasteiger partial charge in [-0.05, 0) is 12.5 Å². The van der Waals surface area contributed by atoms with Gasteiger partial charge in [-0.15, -0.1) is 0 Å². The molecule has 1 rings (SSSR count). The smallest absolute Gasteiger partial charge is 0.341 e. The van der Waals surface area contributed by atoms with Gasteiger partial charge in [0.25, 0.3) is 0 Å². The first-order valence-electron chi connectivity index (χ1n) is 4.33. The number of halogens is 1. The summed E-state index contributed by atoms with van der Waals surface area (Å²) < 4.78 is 22.1. The summed E-state index contributed by atoms with van der Waals surface area (Å²) in [5.41, 5.74) is 0.254. The van der Waals surface area contributed by atoms with Gasteiger partial charge in [0.15, 0.2) is 5.78 Å². The van der Waals surface area contributed by atoms with Crippen LogP contribution in [0.25, 0.3) is 0 Å². The lowest BCUT2D eigenvalue weighted by Crippen LogP contribution is -2.06. The third-order valence-corrected chi connectivity index (χ3v) is 4.11. The van der Waals surface area contributed by atoms with Crippen molar-refractivity contribution in [2.75, 3.05) is 0 Å². The van der Waals surface area contributed by atoms with Crippen LogP contribution in [0.2, 0.25) is 0 Å². The number of carbonyl (C=O) groups excluding carboxylic acids is 1. The molecule has 0 saturated carbocycles. The van der Waals surface area contributed by atoms with E-state index in [1.807, 2.05) is 0 Å². The summed E-state index contributed by atoms with van der Waals surface area (Å²) in [6.07, 6.45) is -0.394. The van der Waals surface area contributed by atoms with Crippen LogP contribution in [-0.4, -0.2) is 16.9 Å². The van der Waals surface area contributed by atoms with Gasteiger partial charge in [-0.2, -0.15) is 0 Å². The highest BCUT2D eigenvalue weighted by Gasteiger charge is 2.17. The number of hydrogen-bond donors (Lipinski definition) is 1. The molecule has 0 fully saturated rings. The molecule has 0 aliphatic rings. The quantitative estimate of drug-likeness (QED) is 0.670. The van der Waals surface area contributed by atoms with E-state index < -0.39 is 32.2 Å². The number of carboxylic acids is 1. The number of ketones is 1. The van der Waals surface area contributed by atoms with Crippen molar-refractivity contribution in [1.29, 1.82) is 0 Å².